The first kappa shape index (κ1) is 15.8. The van der Waals surface area contributed by atoms with Crippen molar-refractivity contribution in [3.8, 4) is 5.75 Å². The fourth-order valence-electron chi connectivity index (χ4n) is 2.72. The summed E-state index contributed by atoms with van der Waals surface area (Å²) in [5, 5.41) is 1.24. The molecule has 0 N–H and O–H groups in total. The highest BCUT2D eigenvalue weighted by molar-refractivity contribution is 6.21. The van der Waals surface area contributed by atoms with Gasteiger partial charge < -0.3 is 9.57 Å². The smallest absolute Gasteiger partial charge is 0.382 e. The molecule has 0 spiro atoms. The van der Waals surface area contributed by atoms with Crippen molar-refractivity contribution in [2.45, 2.75) is 0 Å². The van der Waals surface area contributed by atoms with Crippen molar-refractivity contribution >= 4 is 28.7 Å². The predicted molar refractivity (Wildman–Crippen MR) is 90.7 cm³/mol. The number of rotatable bonds is 3. The molecular weight excluding hydrogens is 336 g/mol. The summed E-state index contributed by atoms with van der Waals surface area (Å²) < 4.78 is 5.14. The summed E-state index contributed by atoms with van der Waals surface area (Å²) in [6.45, 7) is 0. The number of imide groups is 1. The zero-order valence-electron chi connectivity index (χ0n) is 13.6. The monoisotopic (exact) mass is 348 g/mol. The average molecular weight is 348 g/mol. The van der Waals surface area contributed by atoms with Crippen LogP contribution in [0.4, 0.5) is 0 Å². The molecule has 26 heavy (non-hydrogen) atoms. The van der Waals surface area contributed by atoms with Crippen LogP contribution in [0.2, 0.25) is 0 Å². The maximum Gasteiger partial charge on any atom is 0.382 e. The van der Waals surface area contributed by atoms with Crippen molar-refractivity contribution in [2.24, 2.45) is 0 Å². The van der Waals surface area contributed by atoms with Gasteiger partial charge in [-0.1, -0.05) is 23.3 Å². The molecule has 2 aromatic carbocycles. The lowest BCUT2D eigenvalue weighted by atomic mass is 10.1. The number of carbonyl (C=O) groups is 3. The van der Waals surface area contributed by atoms with E-state index in [-0.39, 0.29) is 16.8 Å². The minimum atomic E-state index is -0.891. The zero-order valence-corrected chi connectivity index (χ0v) is 13.6. The third kappa shape index (κ3) is 2.46. The number of methoxy groups -OCH3 is 1. The van der Waals surface area contributed by atoms with E-state index in [1.807, 2.05) is 0 Å². The molecule has 2 heterocycles. The maximum absolute atomic E-state index is 12.4. The number of nitrogens with zero attached hydrogens (tertiary/aromatic N) is 2. The summed E-state index contributed by atoms with van der Waals surface area (Å²) in [5.74, 6) is -1.58. The van der Waals surface area contributed by atoms with E-state index in [1.165, 1.54) is 18.2 Å². The van der Waals surface area contributed by atoms with Crippen molar-refractivity contribution in [1.29, 1.82) is 0 Å². The summed E-state index contributed by atoms with van der Waals surface area (Å²) in [4.78, 5) is 46.1. The van der Waals surface area contributed by atoms with Crippen LogP contribution < -0.4 is 4.74 Å². The summed E-state index contributed by atoms with van der Waals surface area (Å²) in [5.41, 5.74) is 0.939. The van der Waals surface area contributed by atoms with Gasteiger partial charge in [0.05, 0.1) is 23.8 Å². The number of aromatic nitrogens is 1. The lowest BCUT2D eigenvalue weighted by molar-refractivity contribution is -0.0588. The average Bonchev–Trinajstić information content (AvgIpc) is 2.92. The second-order valence-electron chi connectivity index (χ2n) is 5.58. The normalized spacial score (nSPS) is 13.0. The third-order valence-corrected chi connectivity index (χ3v) is 4.04. The van der Waals surface area contributed by atoms with E-state index in [9.17, 15) is 14.4 Å². The Balaban J connectivity index is 1.60. The van der Waals surface area contributed by atoms with Crippen LogP contribution in [0.25, 0.3) is 10.9 Å². The molecule has 0 bridgehead atoms. The molecule has 0 atom stereocenters. The van der Waals surface area contributed by atoms with Gasteiger partial charge in [0.1, 0.15) is 5.75 Å². The number of carbonyl (C=O) groups excluding carboxylic acids is 3. The van der Waals surface area contributed by atoms with Crippen LogP contribution in [-0.4, -0.2) is 34.9 Å². The Morgan fingerprint density at radius 2 is 1.65 bits per heavy atom. The minimum Gasteiger partial charge on any atom is -0.497 e. The van der Waals surface area contributed by atoms with Gasteiger partial charge in [-0.3, -0.25) is 9.59 Å². The number of hydroxylamine groups is 2. The van der Waals surface area contributed by atoms with Crippen LogP contribution >= 0.6 is 0 Å². The SMILES string of the molecule is COc1ccc2nc(C(=O)ON3C(=O)c4ccccc4C3=O)ccc2c1. The molecule has 0 aliphatic carbocycles. The topological polar surface area (TPSA) is 85.8 Å². The van der Waals surface area contributed by atoms with Crippen molar-refractivity contribution in [3.63, 3.8) is 0 Å². The van der Waals surface area contributed by atoms with E-state index in [0.29, 0.717) is 16.3 Å². The molecule has 0 radical (unpaired) electrons. The van der Waals surface area contributed by atoms with Crippen LogP contribution in [0.5, 0.6) is 5.75 Å². The highest BCUT2D eigenvalue weighted by Gasteiger charge is 2.38. The van der Waals surface area contributed by atoms with E-state index < -0.39 is 17.8 Å². The summed E-state index contributed by atoms with van der Waals surface area (Å²) >= 11 is 0. The number of fused-ring (bicyclic) bond motifs is 2. The fourth-order valence-corrected chi connectivity index (χ4v) is 2.72. The highest BCUT2D eigenvalue weighted by atomic mass is 16.7. The van der Waals surface area contributed by atoms with Gasteiger partial charge in [0.15, 0.2) is 5.69 Å². The van der Waals surface area contributed by atoms with Crippen molar-refractivity contribution in [3.05, 3.63) is 71.4 Å². The van der Waals surface area contributed by atoms with Crippen LogP contribution in [0, 0.1) is 0 Å². The maximum atomic E-state index is 12.4. The number of hydrogen-bond donors (Lipinski definition) is 0. The third-order valence-electron chi connectivity index (χ3n) is 4.04. The lowest BCUT2D eigenvalue weighted by Gasteiger charge is -2.12. The van der Waals surface area contributed by atoms with Gasteiger partial charge in [-0.25, -0.2) is 9.78 Å². The molecule has 0 saturated heterocycles. The lowest BCUT2D eigenvalue weighted by Crippen LogP contribution is -2.32. The second-order valence-corrected chi connectivity index (χ2v) is 5.58. The van der Waals surface area contributed by atoms with Gasteiger partial charge in [-0.15, -0.1) is 0 Å². The Labute approximate surface area is 147 Å². The first-order valence-electron chi connectivity index (χ1n) is 7.73. The summed E-state index contributed by atoms with van der Waals surface area (Å²) in [7, 11) is 1.56. The van der Waals surface area contributed by atoms with Gasteiger partial charge in [0.25, 0.3) is 11.8 Å². The van der Waals surface area contributed by atoms with Gasteiger partial charge >= 0.3 is 5.97 Å². The van der Waals surface area contributed by atoms with Crippen LogP contribution in [0.15, 0.2) is 54.6 Å². The zero-order chi connectivity index (χ0) is 18.3. The Morgan fingerprint density at radius 1 is 0.962 bits per heavy atom. The number of benzene rings is 2. The molecule has 0 saturated carbocycles. The molecule has 1 aliphatic rings. The quantitative estimate of drug-likeness (QED) is 0.676. The standard InChI is InChI=1S/C19H12N2O5/c1-25-12-7-9-15-11(10-12)6-8-16(20-15)19(24)26-21-17(22)13-4-2-3-5-14(13)18(21)23/h2-10H,1H3. The van der Waals surface area contributed by atoms with Crippen LogP contribution in [-0.2, 0) is 4.84 Å². The molecule has 0 unspecified atom stereocenters. The van der Waals surface area contributed by atoms with Crippen LogP contribution in [0.3, 0.4) is 0 Å². The number of amides is 2. The molecule has 4 rings (SSSR count). The minimum absolute atomic E-state index is 0.0146. The van der Waals surface area contributed by atoms with Crippen molar-refractivity contribution in [1.82, 2.24) is 10.0 Å². The Bertz CT molecular complexity index is 1040. The van der Waals surface area contributed by atoms with E-state index >= 15 is 0 Å². The van der Waals surface area contributed by atoms with Gasteiger partial charge in [-0.05, 0) is 36.4 Å². The van der Waals surface area contributed by atoms with E-state index in [4.69, 9.17) is 9.57 Å². The molecule has 1 aliphatic heterocycles. The molecule has 0 fully saturated rings. The Kier molecular flexibility index (Phi) is 3.62. The van der Waals surface area contributed by atoms with Gasteiger partial charge in [-0.2, -0.15) is 0 Å². The Hall–Kier alpha value is -3.74. The molecule has 128 valence electrons. The molecule has 2 amide bonds. The predicted octanol–water partition coefficient (Wildman–Crippen LogP) is 2.61. The Morgan fingerprint density at radius 3 is 2.31 bits per heavy atom. The van der Waals surface area contributed by atoms with E-state index in [2.05, 4.69) is 4.98 Å². The summed E-state index contributed by atoms with van der Waals surface area (Å²) in [6, 6.07) is 14.6. The van der Waals surface area contributed by atoms with E-state index in [0.717, 1.165) is 5.39 Å². The number of pyridine rings is 1. The molecule has 3 aromatic rings. The van der Waals surface area contributed by atoms with Crippen molar-refractivity contribution < 1.29 is 24.0 Å². The highest BCUT2D eigenvalue weighted by Crippen LogP contribution is 2.24. The molecule has 7 nitrogen and oxygen atoms in total. The second kappa shape index (κ2) is 5.96. The van der Waals surface area contributed by atoms with Crippen molar-refractivity contribution in [2.75, 3.05) is 7.11 Å². The first-order valence-corrected chi connectivity index (χ1v) is 7.73. The summed E-state index contributed by atoms with van der Waals surface area (Å²) in [6.07, 6.45) is 0. The van der Waals surface area contributed by atoms with Gasteiger partial charge in [0.2, 0.25) is 0 Å². The molecule has 1 aromatic heterocycles. The number of ether oxygens (including phenoxy) is 1. The molecular formula is C19H12N2O5. The van der Waals surface area contributed by atoms with Gasteiger partial charge in [0, 0.05) is 5.39 Å². The molecule has 7 heteroatoms. The first-order chi connectivity index (χ1) is 12.6. The largest absolute Gasteiger partial charge is 0.497 e. The van der Waals surface area contributed by atoms with E-state index in [1.54, 1.807) is 43.5 Å². The van der Waals surface area contributed by atoms with Crippen LogP contribution in [0.1, 0.15) is 31.2 Å². The fraction of sp³-hybridized carbons (Fsp3) is 0.0526. The number of hydrogen-bond acceptors (Lipinski definition) is 6.